The maximum atomic E-state index is 13.1. The lowest BCUT2D eigenvalue weighted by atomic mass is 10.0. The number of carbonyl (C=O) groups is 1. The van der Waals surface area contributed by atoms with E-state index in [-0.39, 0.29) is 11.7 Å². The van der Waals surface area contributed by atoms with Gasteiger partial charge in [0.25, 0.3) is 0 Å². The van der Waals surface area contributed by atoms with Crippen molar-refractivity contribution >= 4 is 17.2 Å². The highest BCUT2D eigenvalue weighted by Gasteiger charge is 2.63. The van der Waals surface area contributed by atoms with Crippen LogP contribution in [0.15, 0.2) is 12.1 Å². The van der Waals surface area contributed by atoms with E-state index in [1.54, 1.807) is 0 Å². The Morgan fingerprint density at radius 3 is 2.38 bits per heavy atom. The molecule has 2 heterocycles. The Hall–Kier alpha value is -0.870. The summed E-state index contributed by atoms with van der Waals surface area (Å²) in [5.74, 6) is 1.96. The minimum absolute atomic E-state index is 0.143. The maximum absolute atomic E-state index is 13.1. The van der Waals surface area contributed by atoms with Crippen molar-refractivity contribution in [3.8, 4) is 0 Å². The molecule has 1 unspecified atom stereocenters. The molecular weight excluding hydrogens is 280 g/mol. The van der Waals surface area contributed by atoms with E-state index in [9.17, 15) is 4.79 Å². The maximum Gasteiger partial charge on any atom is 0.244 e. The predicted molar refractivity (Wildman–Crippen MR) is 83.0 cm³/mol. The topological polar surface area (TPSA) is 32.3 Å². The van der Waals surface area contributed by atoms with Crippen LogP contribution in [0, 0.1) is 18.8 Å². The fourth-order valence-electron chi connectivity index (χ4n) is 4.07. The molecule has 1 amide bonds. The van der Waals surface area contributed by atoms with Crippen molar-refractivity contribution < 1.29 is 4.79 Å². The van der Waals surface area contributed by atoms with E-state index in [0.29, 0.717) is 11.9 Å². The van der Waals surface area contributed by atoms with E-state index in [1.807, 2.05) is 11.3 Å². The molecule has 1 aromatic rings. The fourth-order valence-corrected chi connectivity index (χ4v) is 5.00. The number of rotatable bonds is 4. The molecule has 3 nitrogen and oxygen atoms in total. The molecule has 112 valence electrons. The summed E-state index contributed by atoms with van der Waals surface area (Å²) >= 11 is 1.84. The molecule has 3 saturated carbocycles. The third-order valence-electron chi connectivity index (χ3n) is 5.65. The Kier molecular flexibility index (Phi) is 2.47. The molecule has 4 fully saturated rings. The van der Waals surface area contributed by atoms with Crippen LogP contribution in [0.2, 0.25) is 0 Å². The molecule has 1 aliphatic heterocycles. The summed E-state index contributed by atoms with van der Waals surface area (Å²) in [4.78, 5) is 18.0. The standard InChI is InChI=1S/C17H22N2OS/c1-10-2-7-13(21-10)15-18-17(8-9-17)16(20)19(15)14(11-3-4-11)12-5-6-12/h2,7,11-12,14-15,18H,3-6,8-9H2,1H3. The molecule has 21 heavy (non-hydrogen) atoms. The summed E-state index contributed by atoms with van der Waals surface area (Å²) in [7, 11) is 0. The number of hydrogen-bond acceptors (Lipinski definition) is 3. The van der Waals surface area contributed by atoms with Gasteiger partial charge in [-0.2, -0.15) is 0 Å². The summed E-state index contributed by atoms with van der Waals surface area (Å²) in [6.07, 6.45) is 7.52. The number of hydrogen-bond donors (Lipinski definition) is 1. The Labute approximate surface area is 129 Å². The van der Waals surface area contributed by atoms with E-state index in [2.05, 4.69) is 29.3 Å². The van der Waals surface area contributed by atoms with Crippen LogP contribution in [-0.2, 0) is 4.79 Å². The zero-order valence-electron chi connectivity index (χ0n) is 12.5. The summed E-state index contributed by atoms with van der Waals surface area (Å²) in [6.45, 7) is 2.15. The number of carbonyl (C=O) groups excluding carboxylic acids is 1. The first kappa shape index (κ1) is 12.7. The number of amides is 1. The fraction of sp³-hybridized carbons (Fsp3) is 0.706. The molecule has 1 saturated heterocycles. The van der Waals surface area contributed by atoms with Gasteiger partial charge < -0.3 is 4.90 Å². The summed E-state index contributed by atoms with van der Waals surface area (Å²) in [5, 5.41) is 3.70. The van der Waals surface area contributed by atoms with Crippen LogP contribution in [0.25, 0.3) is 0 Å². The van der Waals surface area contributed by atoms with Crippen molar-refractivity contribution in [1.82, 2.24) is 10.2 Å². The van der Waals surface area contributed by atoms with Crippen molar-refractivity contribution in [3.63, 3.8) is 0 Å². The van der Waals surface area contributed by atoms with E-state index < -0.39 is 0 Å². The lowest BCUT2D eigenvalue weighted by molar-refractivity contribution is -0.134. The largest absolute Gasteiger partial charge is 0.317 e. The van der Waals surface area contributed by atoms with Crippen LogP contribution in [-0.4, -0.2) is 22.4 Å². The SMILES string of the molecule is Cc1ccc(C2NC3(CC3)C(=O)N2C(C2CC2)C2CC2)s1. The predicted octanol–water partition coefficient (Wildman–Crippen LogP) is 3.21. The molecule has 1 aromatic heterocycles. The van der Waals surface area contributed by atoms with Crippen molar-refractivity contribution in [3.05, 3.63) is 21.9 Å². The minimum Gasteiger partial charge on any atom is -0.317 e. The third-order valence-corrected chi connectivity index (χ3v) is 6.70. The van der Waals surface area contributed by atoms with Crippen LogP contribution in [0.5, 0.6) is 0 Å². The van der Waals surface area contributed by atoms with Crippen LogP contribution < -0.4 is 5.32 Å². The minimum atomic E-state index is -0.190. The number of aryl methyl sites for hydroxylation is 1. The number of nitrogens with zero attached hydrogens (tertiary/aromatic N) is 1. The second kappa shape index (κ2) is 4.11. The Balaban J connectivity index is 1.53. The van der Waals surface area contributed by atoms with Gasteiger partial charge in [0.1, 0.15) is 11.7 Å². The lowest BCUT2D eigenvalue weighted by Gasteiger charge is -2.33. The molecule has 4 aliphatic rings. The summed E-state index contributed by atoms with van der Waals surface area (Å²) < 4.78 is 0. The smallest absolute Gasteiger partial charge is 0.244 e. The van der Waals surface area contributed by atoms with Gasteiger partial charge in [-0.1, -0.05) is 0 Å². The highest BCUT2D eigenvalue weighted by Crippen LogP contribution is 2.54. The average Bonchev–Trinajstić information content (AvgIpc) is 3.31. The highest BCUT2D eigenvalue weighted by atomic mass is 32.1. The normalized spacial score (nSPS) is 30.7. The van der Waals surface area contributed by atoms with Crippen molar-refractivity contribution in [2.45, 2.75) is 63.2 Å². The van der Waals surface area contributed by atoms with Gasteiger partial charge in [-0.25, -0.2) is 0 Å². The average molecular weight is 302 g/mol. The lowest BCUT2D eigenvalue weighted by Crippen LogP contribution is -2.43. The van der Waals surface area contributed by atoms with Crippen molar-refractivity contribution in [2.75, 3.05) is 0 Å². The highest BCUT2D eigenvalue weighted by molar-refractivity contribution is 7.12. The number of nitrogens with one attached hydrogen (secondary N) is 1. The Morgan fingerprint density at radius 2 is 1.90 bits per heavy atom. The molecule has 0 aromatic carbocycles. The van der Waals surface area contributed by atoms with E-state index in [4.69, 9.17) is 0 Å². The van der Waals surface area contributed by atoms with E-state index in [1.165, 1.54) is 35.4 Å². The van der Waals surface area contributed by atoms with Crippen LogP contribution in [0.3, 0.4) is 0 Å². The van der Waals surface area contributed by atoms with Gasteiger partial charge in [0, 0.05) is 15.8 Å². The number of thiophene rings is 1. The van der Waals surface area contributed by atoms with Crippen LogP contribution in [0.4, 0.5) is 0 Å². The molecule has 1 atom stereocenters. The molecule has 0 radical (unpaired) electrons. The molecule has 5 rings (SSSR count). The quantitative estimate of drug-likeness (QED) is 0.926. The first-order chi connectivity index (χ1) is 10.2. The van der Waals surface area contributed by atoms with Gasteiger partial charge in [0.15, 0.2) is 0 Å². The molecular formula is C17H22N2OS. The molecule has 1 spiro atoms. The second-order valence-corrected chi connectivity index (χ2v) is 8.77. The van der Waals surface area contributed by atoms with E-state index >= 15 is 0 Å². The third kappa shape index (κ3) is 1.92. The molecule has 1 N–H and O–H groups in total. The summed E-state index contributed by atoms with van der Waals surface area (Å²) in [6, 6.07) is 4.92. The molecule has 4 heteroatoms. The monoisotopic (exact) mass is 302 g/mol. The van der Waals surface area contributed by atoms with Gasteiger partial charge in [-0.15, -0.1) is 11.3 Å². The van der Waals surface area contributed by atoms with Gasteiger partial charge in [0.2, 0.25) is 5.91 Å². The molecule has 0 bridgehead atoms. The van der Waals surface area contributed by atoms with Gasteiger partial charge in [-0.05, 0) is 69.4 Å². The van der Waals surface area contributed by atoms with Crippen LogP contribution >= 0.6 is 11.3 Å². The van der Waals surface area contributed by atoms with Crippen molar-refractivity contribution in [1.29, 1.82) is 0 Å². The van der Waals surface area contributed by atoms with Gasteiger partial charge in [0.05, 0.1) is 0 Å². The van der Waals surface area contributed by atoms with Gasteiger partial charge in [-0.3, -0.25) is 10.1 Å². The zero-order valence-corrected chi connectivity index (χ0v) is 13.3. The Bertz CT molecular complexity index is 586. The molecule has 3 aliphatic carbocycles. The van der Waals surface area contributed by atoms with Gasteiger partial charge >= 0.3 is 0 Å². The second-order valence-electron chi connectivity index (χ2n) is 7.46. The van der Waals surface area contributed by atoms with E-state index in [0.717, 1.165) is 24.7 Å². The Morgan fingerprint density at radius 1 is 1.24 bits per heavy atom. The van der Waals surface area contributed by atoms with Crippen molar-refractivity contribution in [2.24, 2.45) is 11.8 Å². The first-order valence-corrected chi connectivity index (χ1v) is 9.16. The zero-order chi connectivity index (χ0) is 14.2. The first-order valence-electron chi connectivity index (χ1n) is 8.35. The van der Waals surface area contributed by atoms with Crippen LogP contribution in [0.1, 0.15) is 54.4 Å². The summed E-state index contributed by atoms with van der Waals surface area (Å²) in [5.41, 5.74) is -0.190.